The summed E-state index contributed by atoms with van der Waals surface area (Å²) < 4.78 is 0. The SMILES string of the molecule is Cc1ccc(-c2nc(Nc3ccc(N)cc3)sc2C)cc1C. The van der Waals surface area contributed by atoms with E-state index in [0.717, 1.165) is 22.2 Å². The van der Waals surface area contributed by atoms with E-state index in [1.165, 1.54) is 21.6 Å². The van der Waals surface area contributed by atoms with E-state index in [1.807, 2.05) is 24.3 Å². The number of anilines is 3. The first kappa shape index (κ1) is 14.6. The van der Waals surface area contributed by atoms with E-state index in [1.54, 1.807) is 11.3 Å². The van der Waals surface area contributed by atoms with Crippen molar-refractivity contribution in [3.63, 3.8) is 0 Å². The van der Waals surface area contributed by atoms with Gasteiger partial charge in [-0.3, -0.25) is 0 Å². The lowest BCUT2D eigenvalue weighted by Gasteiger charge is -2.04. The molecule has 3 N–H and O–H groups in total. The van der Waals surface area contributed by atoms with Crippen LogP contribution < -0.4 is 11.1 Å². The van der Waals surface area contributed by atoms with Crippen molar-refractivity contribution in [1.82, 2.24) is 4.98 Å². The molecule has 0 radical (unpaired) electrons. The van der Waals surface area contributed by atoms with Crippen LogP contribution in [0.25, 0.3) is 11.3 Å². The average Bonchev–Trinajstić information content (AvgIpc) is 2.85. The maximum absolute atomic E-state index is 5.71. The van der Waals surface area contributed by atoms with Gasteiger partial charge in [-0.25, -0.2) is 4.98 Å². The van der Waals surface area contributed by atoms with Crippen LogP contribution in [0, 0.1) is 20.8 Å². The molecule has 0 fully saturated rings. The van der Waals surface area contributed by atoms with Crippen molar-refractivity contribution in [3.05, 3.63) is 58.5 Å². The summed E-state index contributed by atoms with van der Waals surface area (Å²) in [6.45, 7) is 6.37. The summed E-state index contributed by atoms with van der Waals surface area (Å²) in [6.07, 6.45) is 0. The number of nitrogens with one attached hydrogen (secondary N) is 1. The minimum atomic E-state index is 0.761. The lowest BCUT2D eigenvalue weighted by molar-refractivity contribution is 1.31. The quantitative estimate of drug-likeness (QED) is 0.665. The molecule has 0 saturated carbocycles. The summed E-state index contributed by atoms with van der Waals surface area (Å²) in [5.41, 5.74) is 12.3. The fourth-order valence-electron chi connectivity index (χ4n) is 2.30. The first-order chi connectivity index (χ1) is 10.5. The van der Waals surface area contributed by atoms with Crippen molar-refractivity contribution < 1.29 is 0 Å². The molecule has 1 aromatic heterocycles. The van der Waals surface area contributed by atoms with Crippen molar-refractivity contribution in [1.29, 1.82) is 0 Å². The highest BCUT2D eigenvalue weighted by Gasteiger charge is 2.10. The zero-order chi connectivity index (χ0) is 15.7. The number of nitrogens with zero attached hydrogens (tertiary/aromatic N) is 1. The topological polar surface area (TPSA) is 50.9 Å². The summed E-state index contributed by atoms with van der Waals surface area (Å²) in [4.78, 5) is 5.95. The highest BCUT2D eigenvalue weighted by atomic mass is 32.1. The van der Waals surface area contributed by atoms with E-state index in [-0.39, 0.29) is 0 Å². The Morgan fingerprint density at radius 3 is 2.36 bits per heavy atom. The average molecular weight is 309 g/mol. The van der Waals surface area contributed by atoms with Crippen LogP contribution in [-0.2, 0) is 0 Å². The van der Waals surface area contributed by atoms with Crippen molar-refractivity contribution in [3.8, 4) is 11.3 Å². The zero-order valence-corrected chi connectivity index (χ0v) is 13.8. The minimum Gasteiger partial charge on any atom is -0.399 e. The highest BCUT2D eigenvalue weighted by molar-refractivity contribution is 7.16. The van der Waals surface area contributed by atoms with Crippen LogP contribution in [0.15, 0.2) is 42.5 Å². The van der Waals surface area contributed by atoms with Gasteiger partial charge in [-0.2, -0.15) is 0 Å². The molecular formula is C18H19N3S. The van der Waals surface area contributed by atoms with Crippen LogP contribution in [0.4, 0.5) is 16.5 Å². The van der Waals surface area contributed by atoms with E-state index in [4.69, 9.17) is 10.7 Å². The summed E-state index contributed by atoms with van der Waals surface area (Å²) >= 11 is 1.66. The van der Waals surface area contributed by atoms with Crippen LogP contribution in [0.2, 0.25) is 0 Å². The van der Waals surface area contributed by atoms with Gasteiger partial charge in [0.2, 0.25) is 0 Å². The number of aromatic nitrogens is 1. The van der Waals surface area contributed by atoms with Crippen molar-refractivity contribution in [2.45, 2.75) is 20.8 Å². The molecule has 0 aliphatic heterocycles. The Balaban J connectivity index is 1.90. The first-order valence-electron chi connectivity index (χ1n) is 7.20. The van der Waals surface area contributed by atoms with Crippen LogP contribution in [0.5, 0.6) is 0 Å². The molecule has 0 unspecified atom stereocenters. The van der Waals surface area contributed by atoms with Crippen molar-refractivity contribution in [2.24, 2.45) is 0 Å². The predicted octanol–water partition coefficient (Wildman–Crippen LogP) is 5.06. The lowest BCUT2D eigenvalue weighted by Crippen LogP contribution is -1.91. The van der Waals surface area contributed by atoms with E-state index in [9.17, 15) is 0 Å². The maximum Gasteiger partial charge on any atom is 0.187 e. The number of hydrogen-bond donors (Lipinski definition) is 2. The highest BCUT2D eigenvalue weighted by Crippen LogP contribution is 2.32. The molecule has 22 heavy (non-hydrogen) atoms. The Kier molecular flexibility index (Phi) is 3.86. The molecule has 1 heterocycles. The Morgan fingerprint density at radius 1 is 0.955 bits per heavy atom. The standard InChI is InChI=1S/C18H19N3S/c1-11-4-5-14(10-12(11)2)17-13(3)22-18(21-17)20-16-8-6-15(19)7-9-16/h4-10H,19H2,1-3H3,(H,20,21). The van der Waals surface area contributed by atoms with Gasteiger partial charge < -0.3 is 11.1 Å². The normalized spacial score (nSPS) is 10.7. The predicted molar refractivity (Wildman–Crippen MR) is 95.9 cm³/mol. The molecule has 0 atom stereocenters. The molecule has 0 aliphatic carbocycles. The molecule has 2 aromatic carbocycles. The molecule has 0 amide bonds. The van der Waals surface area contributed by atoms with Crippen LogP contribution in [-0.4, -0.2) is 4.98 Å². The van der Waals surface area contributed by atoms with Gasteiger partial charge in [-0.05, 0) is 62.2 Å². The number of aryl methyl sites for hydroxylation is 3. The second-order valence-electron chi connectivity index (χ2n) is 5.47. The molecule has 112 valence electrons. The monoisotopic (exact) mass is 309 g/mol. The number of thiazole rings is 1. The Bertz CT molecular complexity index is 804. The third kappa shape index (κ3) is 2.97. The molecule has 4 heteroatoms. The largest absolute Gasteiger partial charge is 0.399 e. The van der Waals surface area contributed by atoms with Gasteiger partial charge in [0.15, 0.2) is 5.13 Å². The summed E-state index contributed by atoms with van der Waals surface area (Å²) in [5.74, 6) is 0. The van der Waals surface area contributed by atoms with Crippen LogP contribution >= 0.6 is 11.3 Å². The lowest BCUT2D eigenvalue weighted by atomic mass is 10.0. The van der Waals surface area contributed by atoms with Crippen LogP contribution in [0.3, 0.4) is 0 Å². The molecule has 0 bridgehead atoms. The molecule has 3 aromatic rings. The fourth-order valence-corrected chi connectivity index (χ4v) is 3.15. The summed E-state index contributed by atoms with van der Waals surface area (Å²) in [7, 11) is 0. The zero-order valence-electron chi connectivity index (χ0n) is 13.0. The second kappa shape index (κ2) is 5.81. The van der Waals surface area contributed by atoms with Gasteiger partial charge in [0.1, 0.15) is 0 Å². The van der Waals surface area contributed by atoms with E-state index < -0.39 is 0 Å². The molecule has 0 saturated heterocycles. The Labute approximate surface area is 134 Å². The van der Waals surface area contributed by atoms with Gasteiger partial charge in [0, 0.05) is 21.8 Å². The molecular weight excluding hydrogens is 290 g/mol. The van der Waals surface area contributed by atoms with E-state index >= 15 is 0 Å². The van der Waals surface area contributed by atoms with Gasteiger partial charge in [0.25, 0.3) is 0 Å². The van der Waals surface area contributed by atoms with Gasteiger partial charge in [0.05, 0.1) is 5.69 Å². The van der Waals surface area contributed by atoms with Gasteiger partial charge in [-0.1, -0.05) is 12.1 Å². The minimum absolute atomic E-state index is 0.761. The fraction of sp³-hybridized carbons (Fsp3) is 0.167. The van der Waals surface area contributed by atoms with Gasteiger partial charge in [-0.15, -0.1) is 11.3 Å². The number of nitrogens with two attached hydrogens (primary N) is 1. The number of nitrogen functional groups attached to an aromatic ring is 1. The first-order valence-corrected chi connectivity index (χ1v) is 8.02. The third-order valence-electron chi connectivity index (χ3n) is 3.74. The van der Waals surface area contributed by atoms with Crippen LogP contribution in [0.1, 0.15) is 16.0 Å². The molecule has 0 spiro atoms. The maximum atomic E-state index is 5.71. The second-order valence-corrected chi connectivity index (χ2v) is 6.67. The number of hydrogen-bond acceptors (Lipinski definition) is 4. The summed E-state index contributed by atoms with van der Waals surface area (Å²) in [6, 6.07) is 14.2. The summed E-state index contributed by atoms with van der Waals surface area (Å²) in [5, 5.41) is 4.24. The van der Waals surface area contributed by atoms with E-state index in [0.29, 0.717) is 0 Å². The molecule has 3 nitrogen and oxygen atoms in total. The Hall–Kier alpha value is -2.33. The van der Waals surface area contributed by atoms with Crippen molar-refractivity contribution in [2.75, 3.05) is 11.1 Å². The molecule has 3 rings (SSSR count). The number of rotatable bonds is 3. The Morgan fingerprint density at radius 2 is 1.68 bits per heavy atom. The van der Waals surface area contributed by atoms with Crippen molar-refractivity contribution >= 4 is 27.8 Å². The van der Waals surface area contributed by atoms with Gasteiger partial charge >= 0.3 is 0 Å². The smallest absolute Gasteiger partial charge is 0.187 e. The van der Waals surface area contributed by atoms with E-state index in [2.05, 4.69) is 44.3 Å². The molecule has 0 aliphatic rings. The number of benzene rings is 2. The third-order valence-corrected chi connectivity index (χ3v) is 4.63.